The lowest BCUT2D eigenvalue weighted by molar-refractivity contribution is -0.129. The molecule has 26 heavy (non-hydrogen) atoms. The average molecular weight is 373 g/mol. The Labute approximate surface area is 159 Å². The number of amides is 1. The third kappa shape index (κ3) is 3.31. The van der Waals surface area contributed by atoms with Gasteiger partial charge in [-0.15, -0.1) is 11.3 Å². The fourth-order valence-electron chi connectivity index (χ4n) is 4.36. The molecule has 0 N–H and O–H groups in total. The van der Waals surface area contributed by atoms with Crippen molar-refractivity contribution in [1.82, 2.24) is 14.9 Å². The molecule has 4 rings (SSSR count). The van der Waals surface area contributed by atoms with E-state index in [0.29, 0.717) is 17.9 Å². The van der Waals surface area contributed by atoms with Crippen LogP contribution in [0.4, 0.5) is 5.82 Å². The third-order valence-electron chi connectivity index (χ3n) is 5.48. The Kier molecular flexibility index (Phi) is 4.86. The smallest absolute Gasteiger partial charge is 0.222 e. The summed E-state index contributed by atoms with van der Waals surface area (Å²) in [5.41, 5.74) is 1.37. The highest BCUT2D eigenvalue weighted by atomic mass is 32.1. The molecule has 0 spiro atoms. The van der Waals surface area contributed by atoms with Gasteiger partial charge in [0.25, 0.3) is 0 Å². The van der Waals surface area contributed by atoms with E-state index in [1.807, 2.05) is 6.92 Å². The Balaban J connectivity index is 1.68. The van der Waals surface area contributed by atoms with Crippen molar-refractivity contribution >= 4 is 33.3 Å². The van der Waals surface area contributed by atoms with Crippen LogP contribution >= 0.6 is 11.3 Å². The van der Waals surface area contributed by atoms with E-state index in [9.17, 15) is 4.79 Å². The van der Waals surface area contributed by atoms with Gasteiger partial charge in [-0.1, -0.05) is 13.8 Å². The standard InChI is InChI=1S/C20H28N4OS/c1-13(2)10-15-12-26-20-18(15)19(21-14(3)22-20)23-8-4-6-16(11-23)24-9-5-7-17(24)25/h12-13,16H,4-11H2,1-3H3/t16-/m1/s1. The molecule has 1 amide bonds. The second kappa shape index (κ2) is 7.14. The molecular weight excluding hydrogens is 344 g/mol. The first-order valence-corrected chi connectivity index (χ1v) is 10.7. The van der Waals surface area contributed by atoms with Crippen LogP contribution in [-0.4, -0.2) is 46.5 Å². The van der Waals surface area contributed by atoms with E-state index in [2.05, 4.69) is 34.0 Å². The summed E-state index contributed by atoms with van der Waals surface area (Å²) in [4.78, 5) is 27.4. The molecular formula is C20H28N4OS. The van der Waals surface area contributed by atoms with E-state index in [4.69, 9.17) is 4.98 Å². The summed E-state index contributed by atoms with van der Waals surface area (Å²) in [6.45, 7) is 9.33. The lowest BCUT2D eigenvalue weighted by atomic mass is 10.0. The number of carbonyl (C=O) groups is 1. The van der Waals surface area contributed by atoms with Crippen LogP contribution in [0.25, 0.3) is 10.2 Å². The quantitative estimate of drug-likeness (QED) is 0.819. The molecule has 2 saturated heterocycles. The lowest BCUT2D eigenvalue weighted by Gasteiger charge is -2.38. The van der Waals surface area contributed by atoms with Crippen LogP contribution in [-0.2, 0) is 11.2 Å². The molecule has 0 radical (unpaired) electrons. The van der Waals surface area contributed by atoms with Gasteiger partial charge in [-0.2, -0.15) is 0 Å². The molecule has 0 aromatic carbocycles. The van der Waals surface area contributed by atoms with Crippen LogP contribution in [0, 0.1) is 12.8 Å². The normalized spacial score (nSPS) is 21.4. The van der Waals surface area contributed by atoms with Crippen LogP contribution in [0.2, 0.25) is 0 Å². The molecule has 4 heterocycles. The summed E-state index contributed by atoms with van der Waals surface area (Å²) in [7, 11) is 0. The maximum atomic E-state index is 12.2. The van der Waals surface area contributed by atoms with Crippen LogP contribution in [0.5, 0.6) is 0 Å². The minimum atomic E-state index is 0.330. The average Bonchev–Trinajstić information content (AvgIpc) is 3.20. The van der Waals surface area contributed by atoms with Gasteiger partial charge in [-0.25, -0.2) is 9.97 Å². The molecule has 2 aliphatic rings. The minimum absolute atomic E-state index is 0.330. The third-order valence-corrected chi connectivity index (χ3v) is 6.40. The molecule has 1 atom stereocenters. The predicted octanol–water partition coefficient (Wildman–Crippen LogP) is 3.79. The number of nitrogens with zero attached hydrogens (tertiary/aromatic N) is 4. The SMILES string of the molecule is Cc1nc(N2CCC[C@@H](N3CCCC3=O)C2)c2c(CC(C)C)csc2n1. The Hall–Kier alpha value is -1.69. The van der Waals surface area contributed by atoms with E-state index < -0.39 is 0 Å². The summed E-state index contributed by atoms with van der Waals surface area (Å²) in [5.74, 6) is 2.86. The lowest BCUT2D eigenvalue weighted by Crippen LogP contribution is -2.48. The summed E-state index contributed by atoms with van der Waals surface area (Å²) in [5, 5.41) is 3.50. The highest BCUT2D eigenvalue weighted by Gasteiger charge is 2.32. The largest absolute Gasteiger partial charge is 0.354 e. The van der Waals surface area contributed by atoms with Crippen molar-refractivity contribution in [2.75, 3.05) is 24.5 Å². The Morgan fingerprint density at radius 3 is 2.85 bits per heavy atom. The van der Waals surface area contributed by atoms with Crippen LogP contribution in [0.15, 0.2) is 5.38 Å². The van der Waals surface area contributed by atoms with E-state index in [1.165, 1.54) is 10.9 Å². The number of piperidine rings is 1. The zero-order valence-corrected chi connectivity index (χ0v) is 16.8. The zero-order valence-electron chi connectivity index (χ0n) is 16.0. The summed E-state index contributed by atoms with van der Waals surface area (Å²) in [6.07, 6.45) is 5.01. The van der Waals surface area contributed by atoms with Crippen LogP contribution < -0.4 is 4.90 Å². The van der Waals surface area contributed by atoms with Crippen molar-refractivity contribution < 1.29 is 4.79 Å². The van der Waals surface area contributed by atoms with Gasteiger partial charge in [-0.05, 0) is 49.5 Å². The number of fused-ring (bicyclic) bond motifs is 1. The van der Waals surface area contributed by atoms with Crippen LogP contribution in [0.3, 0.4) is 0 Å². The van der Waals surface area contributed by atoms with Gasteiger partial charge < -0.3 is 9.80 Å². The van der Waals surface area contributed by atoms with Crippen LogP contribution in [0.1, 0.15) is 50.9 Å². The zero-order chi connectivity index (χ0) is 18.3. The number of thiophene rings is 1. The molecule has 6 heteroatoms. The van der Waals surface area contributed by atoms with Crippen molar-refractivity contribution in [3.8, 4) is 0 Å². The second-order valence-electron chi connectivity index (χ2n) is 8.07. The molecule has 140 valence electrons. The number of hydrogen-bond acceptors (Lipinski definition) is 5. The summed E-state index contributed by atoms with van der Waals surface area (Å²) in [6, 6.07) is 0.330. The number of rotatable bonds is 4. The monoisotopic (exact) mass is 372 g/mol. The Morgan fingerprint density at radius 2 is 2.12 bits per heavy atom. The highest BCUT2D eigenvalue weighted by Crippen LogP contribution is 2.35. The van der Waals surface area contributed by atoms with Crippen molar-refractivity contribution in [2.45, 2.75) is 58.9 Å². The van der Waals surface area contributed by atoms with E-state index in [1.54, 1.807) is 11.3 Å². The van der Waals surface area contributed by atoms with Crippen molar-refractivity contribution in [1.29, 1.82) is 0 Å². The number of likely N-dealkylation sites (tertiary alicyclic amines) is 1. The molecule has 0 unspecified atom stereocenters. The van der Waals surface area contributed by atoms with Gasteiger partial charge in [0.05, 0.1) is 5.39 Å². The molecule has 0 aliphatic carbocycles. The van der Waals surface area contributed by atoms with Gasteiger partial charge in [0, 0.05) is 32.1 Å². The number of aromatic nitrogens is 2. The summed E-state index contributed by atoms with van der Waals surface area (Å²) >= 11 is 1.73. The maximum absolute atomic E-state index is 12.2. The molecule has 0 saturated carbocycles. The number of hydrogen-bond donors (Lipinski definition) is 0. The van der Waals surface area contributed by atoms with Crippen molar-refractivity contribution in [3.05, 3.63) is 16.8 Å². The fraction of sp³-hybridized carbons (Fsp3) is 0.650. The van der Waals surface area contributed by atoms with Gasteiger partial charge in [0.2, 0.25) is 5.91 Å². The van der Waals surface area contributed by atoms with E-state index in [-0.39, 0.29) is 0 Å². The van der Waals surface area contributed by atoms with Crippen molar-refractivity contribution in [3.63, 3.8) is 0 Å². The molecule has 2 aromatic heterocycles. The fourth-order valence-corrected chi connectivity index (χ4v) is 5.35. The summed E-state index contributed by atoms with van der Waals surface area (Å²) < 4.78 is 0. The maximum Gasteiger partial charge on any atom is 0.222 e. The molecule has 2 aromatic rings. The van der Waals surface area contributed by atoms with E-state index in [0.717, 1.165) is 68.2 Å². The van der Waals surface area contributed by atoms with E-state index >= 15 is 0 Å². The first kappa shape index (κ1) is 17.7. The number of carbonyl (C=O) groups excluding carboxylic acids is 1. The van der Waals surface area contributed by atoms with Gasteiger partial charge in [0.15, 0.2) is 0 Å². The minimum Gasteiger partial charge on any atom is -0.354 e. The number of aryl methyl sites for hydroxylation is 1. The van der Waals surface area contributed by atoms with Gasteiger partial charge >= 0.3 is 0 Å². The molecule has 5 nitrogen and oxygen atoms in total. The Morgan fingerprint density at radius 1 is 1.27 bits per heavy atom. The predicted molar refractivity (Wildman–Crippen MR) is 107 cm³/mol. The highest BCUT2D eigenvalue weighted by molar-refractivity contribution is 7.17. The first-order chi connectivity index (χ1) is 12.5. The second-order valence-corrected chi connectivity index (χ2v) is 8.92. The Bertz CT molecular complexity index is 815. The van der Waals surface area contributed by atoms with Crippen molar-refractivity contribution in [2.24, 2.45) is 5.92 Å². The molecule has 0 bridgehead atoms. The molecule has 2 fully saturated rings. The first-order valence-electron chi connectivity index (χ1n) is 9.82. The topological polar surface area (TPSA) is 49.3 Å². The van der Waals surface area contributed by atoms with Gasteiger partial charge in [0.1, 0.15) is 16.5 Å². The molecule has 2 aliphatic heterocycles. The number of anilines is 1. The van der Waals surface area contributed by atoms with Gasteiger partial charge in [-0.3, -0.25) is 4.79 Å².